The fourth-order valence-electron chi connectivity index (χ4n) is 1.35. The Morgan fingerprint density at radius 2 is 1.90 bits per heavy atom. The van der Waals surface area contributed by atoms with Crippen molar-refractivity contribution in [1.82, 2.24) is 4.72 Å². The van der Waals surface area contributed by atoms with E-state index in [4.69, 9.17) is 5.11 Å². The Labute approximate surface area is 121 Å². The number of nitro groups is 1. The van der Waals surface area contributed by atoms with E-state index in [1.165, 1.54) is 12.1 Å². The predicted molar refractivity (Wildman–Crippen MR) is 77.3 cm³/mol. The lowest BCUT2D eigenvalue weighted by Gasteiger charge is -2.06. The van der Waals surface area contributed by atoms with Gasteiger partial charge in [0.05, 0.1) is 9.82 Å². The highest BCUT2D eigenvalue weighted by Crippen LogP contribution is 2.15. The van der Waals surface area contributed by atoms with E-state index >= 15 is 0 Å². The Hall–Kier alpha value is -1.16. The number of thioether (sulfide) groups is 1. The minimum atomic E-state index is -3.63. The number of hydrogen-bond donors (Lipinski definition) is 2. The molecule has 0 radical (unpaired) electrons. The lowest BCUT2D eigenvalue weighted by atomic mass is 10.3. The zero-order chi connectivity index (χ0) is 15.0. The van der Waals surface area contributed by atoms with Gasteiger partial charge in [-0.3, -0.25) is 10.1 Å². The first-order chi connectivity index (χ1) is 9.47. The van der Waals surface area contributed by atoms with Gasteiger partial charge in [-0.1, -0.05) is 0 Å². The molecule has 0 bridgehead atoms. The normalized spacial score (nSPS) is 11.4. The van der Waals surface area contributed by atoms with Crippen LogP contribution in [0.1, 0.15) is 6.42 Å². The number of nitrogens with one attached hydrogen (secondary N) is 1. The number of nitro benzene ring substituents is 1. The summed E-state index contributed by atoms with van der Waals surface area (Å²) >= 11 is 1.54. The van der Waals surface area contributed by atoms with Crippen molar-refractivity contribution in [2.75, 3.05) is 24.7 Å². The third kappa shape index (κ3) is 5.45. The largest absolute Gasteiger partial charge is 0.396 e. The highest BCUT2D eigenvalue weighted by atomic mass is 32.2. The lowest BCUT2D eigenvalue weighted by molar-refractivity contribution is -0.384. The second-order valence-electron chi connectivity index (χ2n) is 3.84. The van der Waals surface area contributed by atoms with Gasteiger partial charge < -0.3 is 5.11 Å². The molecule has 0 heterocycles. The van der Waals surface area contributed by atoms with E-state index in [1.807, 2.05) is 0 Å². The molecule has 0 amide bonds. The van der Waals surface area contributed by atoms with E-state index in [0.29, 0.717) is 12.2 Å². The first-order valence-corrected chi connectivity index (χ1v) is 8.54. The van der Waals surface area contributed by atoms with Crippen LogP contribution in [0, 0.1) is 10.1 Å². The molecule has 0 saturated heterocycles. The Morgan fingerprint density at radius 1 is 1.25 bits per heavy atom. The number of rotatable bonds is 9. The van der Waals surface area contributed by atoms with Gasteiger partial charge in [-0.2, -0.15) is 11.8 Å². The highest BCUT2D eigenvalue weighted by Gasteiger charge is 2.14. The van der Waals surface area contributed by atoms with Crippen LogP contribution in [0.15, 0.2) is 29.2 Å². The van der Waals surface area contributed by atoms with Crippen LogP contribution in [0.3, 0.4) is 0 Å². The SMILES string of the molecule is O=[N+]([O-])c1ccc(S(=O)(=O)NCCSCCCO)cc1. The lowest BCUT2D eigenvalue weighted by Crippen LogP contribution is -2.26. The first-order valence-electron chi connectivity index (χ1n) is 5.90. The third-order valence-electron chi connectivity index (χ3n) is 2.34. The van der Waals surface area contributed by atoms with Crippen LogP contribution in [0.25, 0.3) is 0 Å². The molecule has 0 aromatic heterocycles. The van der Waals surface area contributed by atoms with Gasteiger partial charge in [0.2, 0.25) is 10.0 Å². The molecule has 7 nitrogen and oxygen atoms in total. The van der Waals surface area contributed by atoms with Gasteiger partial charge in [0.15, 0.2) is 0 Å². The molecule has 0 aliphatic carbocycles. The fourth-order valence-corrected chi connectivity index (χ4v) is 3.29. The van der Waals surface area contributed by atoms with E-state index in [1.54, 1.807) is 11.8 Å². The van der Waals surface area contributed by atoms with E-state index in [9.17, 15) is 18.5 Å². The van der Waals surface area contributed by atoms with Crippen molar-refractivity contribution >= 4 is 27.5 Å². The van der Waals surface area contributed by atoms with Crippen molar-refractivity contribution in [2.24, 2.45) is 0 Å². The van der Waals surface area contributed by atoms with Crippen LogP contribution >= 0.6 is 11.8 Å². The summed E-state index contributed by atoms with van der Waals surface area (Å²) in [6.07, 6.45) is 0.680. The van der Waals surface area contributed by atoms with Gasteiger partial charge in [0.25, 0.3) is 5.69 Å². The quantitative estimate of drug-likeness (QED) is 0.399. The minimum absolute atomic E-state index is 0.00320. The maximum absolute atomic E-state index is 11.9. The summed E-state index contributed by atoms with van der Waals surface area (Å²) in [4.78, 5) is 9.90. The van der Waals surface area contributed by atoms with Crippen LogP contribution in [0.2, 0.25) is 0 Å². The number of benzene rings is 1. The summed E-state index contributed by atoms with van der Waals surface area (Å²) in [5.74, 6) is 1.38. The maximum atomic E-state index is 11.9. The molecule has 0 unspecified atom stereocenters. The third-order valence-corrected chi connectivity index (χ3v) is 4.89. The van der Waals surface area contributed by atoms with E-state index < -0.39 is 14.9 Å². The van der Waals surface area contributed by atoms with Crippen LogP contribution < -0.4 is 4.72 Å². The smallest absolute Gasteiger partial charge is 0.269 e. The number of nitrogens with zero attached hydrogens (tertiary/aromatic N) is 1. The van der Waals surface area contributed by atoms with Crippen molar-refractivity contribution in [1.29, 1.82) is 0 Å². The van der Waals surface area contributed by atoms with Gasteiger partial charge in [0.1, 0.15) is 0 Å². The maximum Gasteiger partial charge on any atom is 0.269 e. The fraction of sp³-hybridized carbons (Fsp3) is 0.455. The van der Waals surface area contributed by atoms with E-state index in [0.717, 1.165) is 17.9 Å². The minimum Gasteiger partial charge on any atom is -0.396 e. The summed E-state index contributed by atoms with van der Waals surface area (Å²) in [5, 5.41) is 19.1. The zero-order valence-corrected chi connectivity index (χ0v) is 12.3. The van der Waals surface area contributed by atoms with Crippen molar-refractivity contribution in [3.8, 4) is 0 Å². The number of hydrogen-bond acceptors (Lipinski definition) is 6. The number of sulfonamides is 1. The molecule has 1 aromatic rings. The summed E-state index contributed by atoms with van der Waals surface area (Å²) in [6, 6.07) is 4.73. The average Bonchev–Trinajstić information content (AvgIpc) is 2.43. The van der Waals surface area contributed by atoms with Crippen molar-refractivity contribution < 1.29 is 18.4 Å². The predicted octanol–water partition coefficient (Wildman–Crippen LogP) is 0.989. The first kappa shape index (κ1) is 16.9. The monoisotopic (exact) mass is 320 g/mol. The summed E-state index contributed by atoms with van der Waals surface area (Å²) < 4.78 is 26.2. The van der Waals surface area contributed by atoms with Crippen LogP contribution in [0.4, 0.5) is 5.69 Å². The standard InChI is InChI=1S/C11H16N2O5S2/c14-7-1-8-19-9-6-12-20(17,18)11-4-2-10(3-5-11)13(15)16/h2-5,12,14H,1,6-9H2. The van der Waals surface area contributed by atoms with Gasteiger partial charge in [0, 0.05) is 31.0 Å². The Kier molecular flexibility index (Phi) is 6.93. The Morgan fingerprint density at radius 3 is 2.45 bits per heavy atom. The second kappa shape index (κ2) is 8.20. The molecule has 0 aliphatic rings. The summed E-state index contributed by atoms with van der Waals surface area (Å²) in [5.41, 5.74) is -0.150. The highest BCUT2D eigenvalue weighted by molar-refractivity contribution is 7.99. The second-order valence-corrected chi connectivity index (χ2v) is 6.83. The molecule has 0 fully saturated rings. The van der Waals surface area contributed by atoms with Gasteiger partial charge in [-0.05, 0) is 24.3 Å². The van der Waals surface area contributed by atoms with Crippen LogP contribution in [-0.4, -0.2) is 43.1 Å². The number of aliphatic hydroxyl groups excluding tert-OH is 1. The Bertz CT molecular complexity index is 530. The molecule has 2 N–H and O–H groups in total. The summed E-state index contributed by atoms with van der Waals surface area (Å²) in [7, 11) is -3.63. The molecule has 9 heteroatoms. The molecule has 20 heavy (non-hydrogen) atoms. The van der Waals surface area contributed by atoms with Crippen molar-refractivity contribution in [3.05, 3.63) is 34.4 Å². The molecule has 0 spiro atoms. The number of aliphatic hydroxyl groups is 1. The van der Waals surface area contributed by atoms with E-state index in [2.05, 4.69) is 4.72 Å². The summed E-state index contributed by atoms with van der Waals surface area (Å²) in [6.45, 7) is 0.400. The molecular formula is C11H16N2O5S2. The topological polar surface area (TPSA) is 110 Å². The van der Waals surface area contributed by atoms with Crippen molar-refractivity contribution in [3.63, 3.8) is 0 Å². The molecule has 1 aromatic carbocycles. The molecule has 1 rings (SSSR count). The van der Waals surface area contributed by atoms with Gasteiger partial charge in [-0.25, -0.2) is 13.1 Å². The van der Waals surface area contributed by atoms with Gasteiger partial charge >= 0.3 is 0 Å². The molecular weight excluding hydrogens is 304 g/mol. The Balaban J connectivity index is 2.49. The number of non-ortho nitro benzene ring substituents is 1. The molecule has 0 saturated carbocycles. The van der Waals surface area contributed by atoms with Gasteiger partial charge in [-0.15, -0.1) is 0 Å². The molecule has 0 aliphatic heterocycles. The van der Waals surface area contributed by atoms with Crippen LogP contribution in [-0.2, 0) is 10.0 Å². The van der Waals surface area contributed by atoms with E-state index in [-0.39, 0.29) is 23.7 Å². The van der Waals surface area contributed by atoms with Crippen LogP contribution in [0.5, 0.6) is 0 Å². The molecule has 112 valence electrons. The zero-order valence-electron chi connectivity index (χ0n) is 10.7. The molecule has 0 atom stereocenters. The van der Waals surface area contributed by atoms with Crippen molar-refractivity contribution in [2.45, 2.75) is 11.3 Å². The average molecular weight is 320 g/mol.